The average Bonchev–Trinajstić information content (AvgIpc) is 2.59. The third-order valence-electron chi connectivity index (χ3n) is 3.04. The number of amides is 2. The minimum Gasteiger partial charge on any atom is -0.297 e. The molecule has 1 atom stereocenters. The van der Waals surface area contributed by atoms with Crippen LogP contribution in [-0.2, 0) is 14.4 Å². The second-order valence-electron chi connectivity index (χ2n) is 4.99. The molecule has 0 aromatic carbocycles. The van der Waals surface area contributed by atoms with E-state index < -0.39 is 0 Å². The summed E-state index contributed by atoms with van der Waals surface area (Å²) in [7, 11) is 0. The molecule has 4 heteroatoms. The first-order chi connectivity index (χ1) is 8.34. The number of imide groups is 1. The molecule has 0 aromatic rings. The number of likely N-dealkylation sites (tertiary alicyclic amines) is 1. The topological polar surface area (TPSA) is 54.5 Å². The van der Waals surface area contributed by atoms with Gasteiger partial charge in [-0.15, -0.1) is 0 Å². The van der Waals surface area contributed by atoms with E-state index in [9.17, 15) is 14.4 Å². The molecule has 0 N–H and O–H groups in total. The maximum absolute atomic E-state index is 11.9. The summed E-state index contributed by atoms with van der Waals surface area (Å²) in [4.78, 5) is 36.1. The third kappa shape index (κ3) is 3.93. The molecule has 4 nitrogen and oxygen atoms in total. The minimum absolute atomic E-state index is 0.0570. The van der Waals surface area contributed by atoms with Gasteiger partial charge in [-0.3, -0.25) is 19.3 Å². The number of carbonyl (C=O) groups excluding carboxylic acids is 3. The predicted octanol–water partition coefficient (Wildman–Crippen LogP) is 2.27. The number of rotatable bonds is 4. The van der Waals surface area contributed by atoms with Gasteiger partial charge in [0.05, 0.1) is 6.54 Å². The normalized spacial score (nSPS) is 19.3. The summed E-state index contributed by atoms with van der Waals surface area (Å²) in [6.45, 7) is 11.3. The highest BCUT2D eigenvalue weighted by Gasteiger charge is 2.40. The van der Waals surface area contributed by atoms with Gasteiger partial charge < -0.3 is 0 Å². The highest BCUT2D eigenvalue weighted by molar-refractivity contribution is 6.06. The summed E-state index contributed by atoms with van der Waals surface area (Å²) in [5.74, 6) is -0.695. The lowest BCUT2D eigenvalue weighted by atomic mass is 9.94. The average molecular weight is 255 g/mol. The molecule has 18 heavy (non-hydrogen) atoms. The predicted molar refractivity (Wildman–Crippen MR) is 70.9 cm³/mol. The van der Waals surface area contributed by atoms with E-state index in [4.69, 9.17) is 0 Å². The second kappa shape index (κ2) is 7.29. The van der Waals surface area contributed by atoms with Crippen LogP contribution in [0.4, 0.5) is 0 Å². The van der Waals surface area contributed by atoms with Crippen molar-refractivity contribution < 1.29 is 14.4 Å². The number of nitrogens with zero attached hydrogens (tertiary/aromatic N) is 1. The Morgan fingerprint density at radius 3 is 2.06 bits per heavy atom. The fraction of sp³-hybridized carbons (Fsp3) is 0.786. The van der Waals surface area contributed by atoms with Crippen molar-refractivity contribution in [2.45, 2.75) is 48.0 Å². The van der Waals surface area contributed by atoms with Gasteiger partial charge in [-0.25, -0.2) is 0 Å². The van der Waals surface area contributed by atoms with Crippen LogP contribution in [0.5, 0.6) is 0 Å². The molecule has 1 rings (SSSR count). The van der Waals surface area contributed by atoms with E-state index in [1.165, 1.54) is 0 Å². The van der Waals surface area contributed by atoms with E-state index in [0.29, 0.717) is 0 Å². The fourth-order valence-electron chi connectivity index (χ4n) is 1.73. The molecule has 0 aliphatic carbocycles. The molecule has 1 heterocycles. The molecule has 1 fully saturated rings. The van der Waals surface area contributed by atoms with Crippen molar-refractivity contribution in [3.8, 4) is 0 Å². The van der Waals surface area contributed by atoms with Gasteiger partial charge in [-0.1, -0.05) is 41.5 Å². The third-order valence-corrected chi connectivity index (χ3v) is 3.04. The zero-order valence-corrected chi connectivity index (χ0v) is 12.3. The number of hydrogen-bond donors (Lipinski definition) is 0. The number of carbonyl (C=O) groups is 3. The highest BCUT2D eigenvalue weighted by atomic mass is 16.2. The molecule has 1 aliphatic heterocycles. The Hall–Kier alpha value is -1.19. The molecule has 1 aliphatic rings. The Balaban J connectivity index is 0.00000137. The van der Waals surface area contributed by atoms with Gasteiger partial charge in [0.2, 0.25) is 11.8 Å². The monoisotopic (exact) mass is 255 g/mol. The first-order valence-electron chi connectivity index (χ1n) is 6.71. The van der Waals surface area contributed by atoms with Crippen molar-refractivity contribution in [1.82, 2.24) is 4.90 Å². The SMILES string of the molecule is CC.CC(C)C(=O)CN1C(=O)CC(C(C)C)C1=O. The van der Waals surface area contributed by atoms with Crippen LogP contribution < -0.4 is 0 Å². The standard InChI is InChI=1S/C12H19NO3.C2H6/c1-7(2)9-5-11(15)13(12(9)16)6-10(14)8(3)4;1-2/h7-9H,5-6H2,1-4H3;1-2H3. The number of hydrogen-bond acceptors (Lipinski definition) is 3. The largest absolute Gasteiger partial charge is 0.297 e. The van der Waals surface area contributed by atoms with E-state index in [0.717, 1.165) is 4.90 Å². The van der Waals surface area contributed by atoms with Crippen LogP contribution in [0.3, 0.4) is 0 Å². The summed E-state index contributed by atoms with van der Waals surface area (Å²) in [6, 6.07) is 0. The lowest BCUT2D eigenvalue weighted by molar-refractivity contribution is -0.143. The molecular weight excluding hydrogens is 230 g/mol. The zero-order chi connectivity index (χ0) is 14.5. The zero-order valence-electron chi connectivity index (χ0n) is 12.3. The Morgan fingerprint density at radius 2 is 1.72 bits per heavy atom. The van der Waals surface area contributed by atoms with Gasteiger partial charge in [0.25, 0.3) is 0 Å². The van der Waals surface area contributed by atoms with Crippen molar-refractivity contribution in [3.05, 3.63) is 0 Å². The maximum atomic E-state index is 11.9. The maximum Gasteiger partial charge on any atom is 0.233 e. The summed E-state index contributed by atoms with van der Waals surface area (Å²) in [5, 5.41) is 0. The molecule has 0 aromatic heterocycles. The molecule has 1 unspecified atom stereocenters. The summed E-state index contributed by atoms with van der Waals surface area (Å²) in [6.07, 6.45) is 0.252. The lowest BCUT2D eigenvalue weighted by Crippen LogP contribution is -2.37. The Bertz CT molecular complexity index is 321. The molecule has 104 valence electrons. The number of ketones is 1. The lowest BCUT2D eigenvalue weighted by Gasteiger charge is -2.16. The Labute approximate surface area is 110 Å². The summed E-state index contributed by atoms with van der Waals surface area (Å²) >= 11 is 0. The second-order valence-corrected chi connectivity index (χ2v) is 4.99. The Kier molecular flexibility index (Phi) is 6.81. The first kappa shape index (κ1) is 16.8. The highest BCUT2D eigenvalue weighted by Crippen LogP contribution is 2.26. The van der Waals surface area contributed by atoms with Gasteiger partial charge in [0.1, 0.15) is 0 Å². The van der Waals surface area contributed by atoms with Crippen LogP contribution in [0, 0.1) is 17.8 Å². The van der Waals surface area contributed by atoms with Crippen LogP contribution in [0.2, 0.25) is 0 Å². The minimum atomic E-state index is -0.243. The van der Waals surface area contributed by atoms with E-state index in [1.807, 2.05) is 27.7 Å². The van der Waals surface area contributed by atoms with Crippen molar-refractivity contribution in [3.63, 3.8) is 0 Å². The van der Waals surface area contributed by atoms with E-state index in [-0.39, 0.29) is 48.3 Å². The molecular formula is C14H25NO3. The smallest absolute Gasteiger partial charge is 0.233 e. The summed E-state index contributed by atoms with van der Waals surface area (Å²) < 4.78 is 0. The van der Waals surface area contributed by atoms with Crippen LogP contribution in [-0.4, -0.2) is 29.0 Å². The fourth-order valence-corrected chi connectivity index (χ4v) is 1.73. The van der Waals surface area contributed by atoms with Crippen molar-refractivity contribution in [2.24, 2.45) is 17.8 Å². The van der Waals surface area contributed by atoms with Crippen LogP contribution in [0.15, 0.2) is 0 Å². The van der Waals surface area contributed by atoms with Gasteiger partial charge in [-0.2, -0.15) is 0 Å². The van der Waals surface area contributed by atoms with E-state index >= 15 is 0 Å². The van der Waals surface area contributed by atoms with Gasteiger partial charge in [-0.05, 0) is 5.92 Å². The molecule has 0 bridgehead atoms. The van der Waals surface area contributed by atoms with Crippen LogP contribution in [0.25, 0.3) is 0 Å². The quantitative estimate of drug-likeness (QED) is 0.724. The van der Waals surface area contributed by atoms with Crippen molar-refractivity contribution in [1.29, 1.82) is 0 Å². The van der Waals surface area contributed by atoms with E-state index in [2.05, 4.69) is 0 Å². The van der Waals surface area contributed by atoms with Crippen LogP contribution in [0.1, 0.15) is 48.0 Å². The van der Waals surface area contributed by atoms with Crippen molar-refractivity contribution in [2.75, 3.05) is 6.54 Å². The van der Waals surface area contributed by atoms with Crippen LogP contribution >= 0.6 is 0 Å². The molecule has 2 amide bonds. The molecule has 0 spiro atoms. The van der Waals surface area contributed by atoms with E-state index in [1.54, 1.807) is 13.8 Å². The van der Waals surface area contributed by atoms with Gasteiger partial charge >= 0.3 is 0 Å². The summed E-state index contributed by atoms with van der Waals surface area (Å²) in [5.41, 5.74) is 0. The molecule has 1 saturated heterocycles. The van der Waals surface area contributed by atoms with Gasteiger partial charge in [0.15, 0.2) is 5.78 Å². The Morgan fingerprint density at radius 1 is 1.22 bits per heavy atom. The molecule has 0 radical (unpaired) electrons. The first-order valence-corrected chi connectivity index (χ1v) is 6.71. The van der Waals surface area contributed by atoms with Crippen molar-refractivity contribution >= 4 is 17.6 Å². The molecule has 0 saturated carbocycles. The van der Waals surface area contributed by atoms with Gasteiger partial charge in [0, 0.05) is 18.3 Å². The number of Topliss-reactive ketones (excluding diaryl/α,β-unsaturated/α-hetero) is 1.